The molecule has 5 nitrogen and oxygen atoms in total. The Morgan fingerprint density at radius 1 is 1.25 bits per heavy atom. The first kappa shape index (κ1) is 16.6. The minimum absolute atomic E-state index is 0.207. The lowest BCUT2D eigenvalue weighted by molar-refractivity contribution is 0.0775. The maximum absolute atomic E-state index is 12.5. The number of alkyl halides is 1. The van der Waals surface area contributed by atoms with E-state index in [-0.39, 0.29) is 11.3 Å². The number of carbonyl (C=O) groups is 1. The Hall–Kier alpha value is -1.46. The molecule has 0 spiro atoms. The first-order valence-electron chi connectivity index (χ1n) is 6.14. The highest BCUT2D eigenvalue weighted by atomic mass is 35.5. The molecule has 20 heavy (non-hydrogen) atoms. The first-order chi connectivity index (χ1) is 9.54. The molecule has 0 aliphatic carbocycles. The fraction of sp³-hybridized carbons (Fsp3) is 0.500. The Morgan fingerprint density at radius 2 is 1.80 bits per heavy atom. The maximum atomic E-state index is 12.5. The highest BCUT2D eigenvalue weighted by molar-refractivity contribution is 6.21. The van der Waals surface area contributed by atoms with Gasteiger partial charge < -0.3 is 19.1 Å². The average molecular weight is 302 g/mol. The summed E-state index contributed by atoms with van der Waals surface area (Å²) in [5.41, 5.74) is 0.390. The first-order valence-corrected chi connectivity index (χ1v) is 6.58. The minimum atomic E-state index is -0.269. The van der Waals surface area contributed by atoms with Gasteiger partial charge in [-0.3, -0.25) is 4.79 Å². The standard InChI is InChI=1S/C14H20ClNO4/c1-16(8-10(15)9-18-2)14(17)13-11(19-3)6-5-7-12(13)20-4/h5-7,10H,8-9H2,1-4H3. The lowest BCUT2D eigenvalue weighted by Crippen LogP contribution is -2.34. The third kappa shape index (κ3) is 4.02. The molecule has 1 unspecified atom stereocenters. The van der Waals surface area contributed by atoms with Crippen molar-refractivity contribution in [2.24, 2.45) is 0 Å². The molecule has 1 aromatic carbocycles. The zero-order valence-electron chi connectivity index (χ0n) is 12.2. The molecule has 0 aliphatic heterocycles. The normalized spacial score (nSPS) is 11.8. The molecule has 0 bridgehead atoms. The van der Waals surface area contributed by atoms with Crippen LogP contribution in [0.15, 0.2) is 18.2 Å². The topological polar surface area (TPSA) is 48.0 Å². The van der Waals surface area contributed by atoms with Gasteiger partial charge in [-0.05, 0) is 12.1 Å². The lowest BCUT2D eigenvalue weighted by atomic mass is 10.1. The molecule has 112 valence electrons. The Labute approximate surface area is 124 Å². The van der Waals surface area contributed by atoms with Gasteiger partial charge >= 0.3 is 0 Å². The van der Waals surface area contributed by atoms with Crippen molar-refractivity contribution in [2.45, 2.75) is 5.38 Å². The second-order valence-corrected chi connectivity index (χ2v) is 4.89. The van der Waals surface area contributed by atoms with Crippen molar-refractivity contribution in [2.75, 3.05) is 41.5 Å². The average Bonchev–Trinajstić information content (AvgIpc) is 2.45. The number of carbonyl (C=O) groups excluding carboxylic acids is 1. The third-order valence-corrected chi connectivity index (χ3v) is 3.07. The van der Waals surface area contributed by atoms with Gasteiger partial charge in [0.05, 0.1) is 26.2 Å². The summed E-state index contributed by atoms with van der Waals surface area (Å²) in [5, 5.41) is -0.269. The molecule has 0 radical (unpaired) electrons. The van der Waals surface area contributed by atoms with E-state index in [1.165, 1.54) is 19.1 Å². The second kappa shape index (κ2) is 7.97. The SMILES string of the molecule is COCC(Cl)CN(C)C(=O)c1c(OC)cccc1OC. The van der Waals surface area contributed by atoms with Crippen molar-refractivity contribution >= 4 is 17.5 Å². The number of amides is 1. The molecule has 0 saturated heterocycles. The van der Waals surface area contributed by atoms with Crippen molar-refractivity contribution in [3.05, 3.63) is 23.8 Å². The Morgan fingerprint density at radius 3 is 2.25 bits per heavy atom. The van der Waals surface area contributed by atoms with E-state index < -0.39 is 0 Å². The van der Waals surface area contributed by atoms with Crippen molar-refractivity contribution in [1.82, 2.24) is 4.90 Å². The van der Waals surface area contributed by atoms with E-state index in [0.29, 0.717) is 30.2 Å². The number of methoxy groups -OCH3 is 3. The molecule has 1 atom stereocenters. The number of ether oxygens (including phenoxy) is 3. The summed E-state index contributed by atoms with van der Waals surface area (Å²) in [6.07, 6.45) is 0. The van der Waals surface area contributed by atoms with Crippen LogP contribution in [0.2, 0.25) is 0 Å². The summed E-state index contributed by atoms with van der Waals surface area (Å²) in [6, 6.07) is 5.21. The zero-order chi connectivity index (χ0) is 15.1. The smallest absolute Gasteiger partial charge is 0.261 e. The number of nitrogens with zero attached hydrogens (tertiary/aromatic N) is 1. The molecule has 0 N–H and O–H groups in total. The fourth-order valence-corrected chi connectivity index (χ4v) is 2.20. The number of hydrogen-bond acceptors (Lipinski definition) is 4. The maximum Gasteiger partial charge on any atom is 0.261 e. The van der Waals surface area contributed by atoms with Gasteiger partial charge in [0, 0.05) is 20.7 Å². The van der Waals surface area contributed by atoms with Gasteiger partial charge in [0.15, 0.2) is 0 Å². The molecule has 0 fully saturated rings. The molecule has 1 amide bonds. The van der Waals surface area contributed by atoms with E-state index in [1.807, 2.05) is 0 Å². The van der Waals surface area contributed by atoms with Gasteiger partial charge in [-0.25, -0.2) is 0 Å². The summed E-state index contributed by atoms with van der Waals surface area (Å²) in [7, 11) is 6.28. The van der Waals surface area contributed by atoms with Gasteiger partial charge in [-0.2, -0.15) is 0 Å². The van der Waals surface area contributed by atoms with Crippen molar-refractivity contribution in [3.8, 4) is 11.5 Å². The van der Waals surface area contributed by atoms with Crippen LogP contribution in [0.3, 0.4) is 0 Å². The Balaban J connectivity index is 2.96. The molecule has 0 aliphatic rings. The van der Waals surface area contributed by atoms with E-state index >= 15 is 0 Å². The van der Waals surface area contributed by atoms with Crippen LogP contribution in [-0.4, -0.2) is 57.7 Å². The number of hydrogen-bond donors (Lipinski definition) is 0. The summed E-state index contributed by atoms with van der Waals surface area (Å²) >= 11 is 6.07. The highest BCUT2D eigenvalue weighted by Gasteiger charge is 2.23. The van der Waals surface area contributed by atoms with Gasteiger partial charge in [0.25, 0.3) is 5.91 Å². The van der Waals surface area contributed by atoms with Crippen LogP contribution in [-0.2, 0) is 4.74 Å². The van der Waals surface area contributed by atoms with E-state index in [4.69, 9.17) is 25.8 Å². The summed E-state index contributed by atoms with van der Waals surface area (Å²) in [4.78, 5) is 14.0. The fourth-order valence-electron chi connectivity index (χ4n) is 1.87. The molecular formula is C14H20ClNO4. The van der Waals surface area contributed by atoms with Gasteiger partial charge in [-0.15, -0.1) is 11.6 Å². The Bertz CT molecular complexity index is 431. The molecular weight excluding hydrogens is 282 g/mol. The number of rotatable bonds is 7. The molecule has 0 heterocycles. The van der Waals surface area contributed by atoms with Crippen LogP contribution in [0.4, 0.5) is 0 Å². The van der Waals surface area contributed by atoms with Crippen LogP contribution < -0.4 is 9.47 Å². The number of halogens is 1. The van der Waals surface area contributed by atoms with Crippen molar-refractivity contribution < 1.29 is 19.0 Å². The van der Waals surface area contributed by atoms with E-state index in [0.717, 1.165) is 0 Å². The second-order valence-electron chi connectivity index (χ2n) is 4.28. The molecule has 6 heteroatoms. The van der Waals surface area contributed by atoms with Gasteiger partial charge in [0.2, 0.25) is 0 Å². The van der Waals surface area contributed by atoms with Crippen molar-refractivity contribution in [3.63, 3.8) is 0 Å². The van der Waals surface area contributed by atoms with Crippen LogP contribution in [0.25, 0.3) is 0 Å². The van der Waals surface area contributed by atoms with Crippen LogP contribution in [0.5, 0.6) is 11.5 Å². The van der Waals surface area contributed by atoms with E-state index in [2.05, 4.69) is 0 Å². The lowest BCUT2D eigenvalue weighted by Gasteiger charge is -2.22. The molecule has 1 aromatic rings. The minimum Gasteiger partial charge on any atom is -0.496 e. The van der Waals surface area contributed by atoms with Gasteiger partial charge in [0.1, 0.15) is 17.1 Å². The summed E-state index contributed by atoms with van der Waals surface area (Å²) in [6.45, 7) is 0.748. The molecule has 0 saturated carbocycles. The predicted molar refractivity (Wildman–Crippen MR) is 78.0 cm³/mol. The van der Waals surface area contributed by atoms with Crippen LogP contribution >= 0.6 is 11.6 Å². The van der Waals surface area contributed by atoms with E-state index in [9.17, 15) is 4.79 Å². The van der Waals surface area contributed by atoms with Gasteiger partial charge in [-0.1, -0.05) is 6.07 Å². The molecule has 1 rings (SSSR count). The number of benzene rings is 1. The largest absolute Gasteiger partial charge is 0.496 e. The van der Waals surface area contributed by atoms with Crippen LogP contribution in [0, 0.1) is 0 Å². The van der Waals surface area contributed by atoms with Crippen LogP contribution in [0.1, 0.15) is 10.4 Å². The monoisotopic (exact) mass is 301 g/mol. The summed E-state index contributed by atoms with van der Waals surface area (Å²) < 4.78 is 15.4. The highest BCUT2D eigenvalue weighted by Crippen LogP contribution is 2.29. The quantitative estimate of drug-likeness (QED) is 0.723. The predicted octanol–water partition coefficient (Wildman–Crippen LogP) is 2.03. The zero-order valence-corrected chi connectivity index (χ0v) is 12.9. The van der Waals surface area contributed by atoms with E-state index in [1.54, 1.807) is 32.4 Å². The Kier molecular flexibility index (Phi) is 6.61. The summed E-state index contributed by atoms with van der Waals surface area (Å²) in [5.74, 6) is 0.735. The molecule has 0 aromatic heterocycles. The third-order valence-electron chi connectivity index (χ3n) is 2.81. The van der Waals surface area contributed by atoms with Crippen molar-refractivity contribution in [1.29, 1.82) is 0 Å².